The van der Waals surface area contributed by atoms with Gasteiger partial charge in [-0.05, 0) is 49.3 Å². The van der Waals surface area contributed by atoms with Crippen molar-refractivity contribution in [1.29, 1.82) is 0 Å². The van der Waals surface area contributed by atoms with E-state index in [0.29, 0.717) is 0 Å². The van der Waals surface area contributed by atoms with Crippen molar-refractivity contribution < 1.29 is 0 Å². The molecule has 1 heterocycles. The molecule has 1 rings (SSSR count). The Morgan fingerprint density at radius 1 is 1.39 bits per heavy atom. The zero-order valence-corrected chi connectivity index (χ0v) is 12.5. The summed E-state index contributed by atoms with van der Waals surface area (Å²) in [5, 5.41) is 1.03. The number of thioether (sulfide) groups is 1. The van der Waals surface area contributed by atoms with Gasteiger partial charge in [0.25, 0.3) is 0 Å². The lowest BCUT2D eigenvalue weighted by atomic mass is 10.0. The van der Waals surface area contributed by atoms with Crippen LogP contribution in [0.15, 0.2) is 46.9 Å². The van der Waals surface area contributed by atoms with Crippen LogP contribution in [0.5, 0.6) is 0 Å². The third kappa shape index (κ3) is 3.61. The Balaban J connectivity index is 3.26. The summed E-state index contributed by atoms with van der Waals surface area (Å²) >= 11 is 1.62. The standard InChI is InChI=1S/C16H21NS/c1-7-12(5)14(8-2)15-10-9-13(6)16(17-15)18-11(3)4/h8-10H,2-3,7H2,1,4-6H3/b14-12+. The second kappa shape index (κ2) is 6.60. The van der Waals surface area contributed by atoms with Crippen molar-refractivity contribution in [3.05, 3.63) is 53.1 Å². The van der Waals surface area contributed by atoms with Crippen molar-refractivity contribution in [2.45, 2.75) is 39.1 Å². The maximum absolute atomic E-state index is 4.73. The molecule has 1 aromatic heterocycles. The van der Waals surface area contributed by atoms with Gasteiger partial charge >= 0.3 is 0 Å². The van der Waals surface area contributed by atoms with E-state index in [4.69, 9.17) is 4.98 Å². The summed E-state index contributed by atoms with van der Waals surface area (Å²) in [5.74, 6) is 0. The Labute approximate surface area is 115 Å². The van der Waals surface area contributed by atoms with Crippen LogP contribution in [0.1, 0.15) is 38.4 Å². The third-order valence-corrected chi connectivity index (χ3v) is 3.75. The average molecular weight is 259 g/mol. The number of hydrogen-bond donors (Lipinski definition) is 0. The van der Waals surface area contributed by atoms with Gasteiger partial charge in [-0.3, -0.25) is 0 Å². The highest BCUT2D eigenvalue weighted by molar-refractivity contribution is 8.03. The number of hydrogen-bond acceptors (Lipinski definition) is 2. The molecule has 2 heteroatoms. The molecule has 1 nitrogen and oxygen atoms in total. The van der Waals surface area contributed by atoms with E-state index in [9.17, 15) is 0 Å². The van der Waals surface area contributed by atoms with Crippen LogP contribution >= 0.6 is 11.8 Å². The topological polar surface area (TPSA) is 12.9 Å². The van der Waals surface area contributed by atoms with Crippen molar-refractivity contribution in [2.24, 2.45) is 0 Å². The van der Waals surface area contributed by atoms with Gasteiger partial charge in [-0.25, -0.2) is 4.98 Å². The predicted octanol–water partition coefficient (Wildman–Crippen LogP) is 5.39. The molecule has 0 saturated heterocycles. The summed E-state index contributed by atoms with van der Waals surface area (Å²) in [6.45, 7) is 16.2. The number of aromatic nitrogens is 1. The summed E-state index contributed by atoms with van der Waals surface area (Å²) in [6, 6.07) is 4.17. The Hall–Kier alpha value is -1.28. The fourth-order valence-corrected chi connectivity index (χ4v) is 2.32. The molecule has 0 bridgehead atoms. The van der Waals surface area contributed by atoms with Gasteiger partial charge in [0.05, 0.1) is 5.69 Å². The smallest absolute Gasteiger partial charge is 0.104 e. The first-order valence-corrected chi connectivity index (χ1v) is 6.94. The molecule has 96 valence electrons. The van der Waals surface area contributed by atoms with Gasteiger partial charge in [0.15, 0.2) is 0 Å². The first-order valence-electron chi connectivity index (χ1n) is 6.13. The number of pyridine rings is 1. The van der Waals surface area contributed by atoms with Gasteiger partial charge in [-0.15, -0.1) is 0 Å². The molecule has 0 atom stereocenters. The molecule has 0 amide bonds. The molecule has 0 saturated carbocycles. The minimum Gasteiger partial charge on any atom is -0.241 e. The first-order chi connectivity index (χ1) is 8.49. The van der Waals surface area contributed by atoms with E-state index < -0.39 is 0 Å². The lowest BCUT2D eigenvalue weighted by molar-refractivity contribution is 1.05. The third-order valence-electron chi connectivity index (χ3n) is 2.79. The summed E-state index contributed by atoms with van der Waals surface area (Å²) in [4.78, 5) is 5.78. The van der Waals surface area contributed by atoms with Gasteiger partial charge in [0.2, 0.25) is 0 Å². The fourth-order valence-electron chi connectivity index (χ4n) is 1.62. The van der Waals surface area contributed by atoms with Crippen LogP contribution in [0.25, 0.3) is 5.57 Å². The molecule has 0 fully saturated rings. The Bertz CT molecular complexity index is 498. The highest BCUT2D eigenvalue weighted by Crippen LogP contribution is 2.29. The summed E-state index contributed by atoms with van der Waals surface area (Å²) in [5.41, 5.74) is 4.64. The van der Waals surface area contributed by atoms with Crippen LogP contribution in [0, 0.1) is 6.92 Å². The fraction of sp³-hybridized carbons (Fsp3) is 0.312. The Kier molecular flexibility index (Phi) is 5.42. The lowest BCUT2D eigenvalue weighted by Gasteiger charge is -2.10. The normalized spacial score (nSPS) is 12.0. The Morgan fingerprint density at radius 2 is 2.06 bits per heavy atom. The van der Waals surface area contributed by atoms with E-state index >= 15 is 0 Å². The quantitative estimate of drug-likeness (QED) is 0.519. The van der Waals surface area contributed by atoms with E-state index in [0.717, 1.165) is 27.6 Å². The van der Waals surface area contributed by atoms with Crippen LogP contribution in [0.3, 0.4) is 0 Å². The van der Waals surface area contributed by atoms with E-state index in [1.54, 1.807) is 11.8 Å². The van der Waals surface area contributed by atoms with Crippen LogP contribution in [-0.2, 0) is 0 Å². The molecular weight excluding hydrogens is 238 g/mol. The lowest BCUT2D eigenvalue weighted by Crippen LogP contribution is -1.94. The van der Waals surface area contributed by atoms with E-state index in [-0.39, 0.29) is 0 Å². The first kappa shape index (κ1) is 14.8. The number of nitrogens with zero attached hydrogens (tertiary/aromatic N) is 1. The van der Waals surface area contributed by atoms with Crippen LogP contribution in [0.4, 0.5) is 0 Å². The van der Waals surface area contributed by atoms with E-state index in [2.05, 4.69) is 46.1 Å². The second-order valence-electron chi connectivity index (χ2n) is 4.37. The van der Waals surface area contributed by atoms with Crippen molar-refractivity contribution in [1.82, 2.24) is 4.98 Å². The highest BCUT2D eigenvalue weighted by Gasteiger charge is 2.07. The van der Waals surface area contributed by atoms with Crippen LogP contribution < -0.4 is 0 Å². The van der Waals surface area contributed by atoms with Crippen molar-refractivity contribution in [2.75, 3.05) is 0 Å². The summed E-state index contributed by atoms with van der Waals surface area (Å²) < 4.78 is 0. The molecule has 0 N–H and O–H groups in total. The van der Waals surface area contributed by atoms with Crippen LogP contribution in [0.2, 0.25) is 0 Å². The average Bonchev–Trinajstić information content (AvgIpc) is 2.33. The van der Waals surface area contributed by atoms with Gasteiger partial charge in [-0.2, -0.15) is 0 Å². The molecule has 0 aromatic carbocycles. The van der Waals surface area contributed by atoms with Gasteiger partial charge in [0, 0.05) is 0 Å². The zero-order valence-electron chi connectivity index (χ0n) is 11.7. The highest BCUT2D eigenvalue weighted by atomic mass is 32.2. The summed E-state index contributed by atoms with van der Waals surface area (Å²) in [6.07, 6.45) is 2.91. The minimum absolute atomic E-state index is 0.999. The van der Waals surface area contributed by atoms with E-state index in [1.165, 1.54) is 11.1 Å². The molecule has 1 aromatic rings. The van der Waals surface area contributed by atoms with Crippen LogP contribution in [-0.4, -0.2) is 4.98 Å². The molecule has 0 aliphatic carbocycles. The van der Waals surface area contributed by atoms with Crippen molar-refractivity contribution in [3.63, 3.8) is 0 Å². The van der Waals surface area contributed by atoms with E-state index in [1.807, 2.05) is 13.0 Å². The van der Waals surface area contributed by atoms with Gasteiger partial charge < -0.3 is 0 Å². The largest absolute Gasteiger partial charge is 0.241 e. The molecule has 18 heavy (non-hydrogen) atoms. The maximum Gasteiger partial charge on any atom is 0.104 e. The summed E-state index contributed by atoms with van der Waals surface area (Å²) in [7, 11) is 0. The second-order valence-corrected chi connectivity index (χ2v) is 5.66. The van der Waals surface area contributed by atoms with Gasteiger partial charge in [-0.1, -0.05) is 49.6 Å². The molecular formula is C16H21NS. The molecule has 0 aliphatic rings. The minimum atomic E-state index is 0.999. The predicted molar refractivity (Wildman–Crippen MR) is 82.7 cm³/mol. The maximum atomic E-state index is 4.73. The number of allylic oxidation sites excluding steroid dienone is 4. The SMILES string of the molecule is C=C/C(=C(/C)CC)c1ccc(C)c(SC(=C)C)n1. The Morgan fingerprint density at radius 3 is 2.56 bits per heavy atom. The zero-order chi connectivity index (χ0) is 13.7. The number of aryl methyl sites for hydroxylation is 1. The van der Waals surface area contributed by atoms with Gasteiger partial charge in [0.1, 0.15) is 5.03 Å². The molecule has 0 radical (unpaired) electrons. The van der Waals surface area contributed by atoms with Crippen molar-refractivity contribution >= 4 is 17.3 Å². The molecule has 0 spiro atoms. The number of rotatable bonds is 5. The monoisotopic (exact) mass is 259 g/mol. The van der Waals surface area contributed by atoms with Crippen molar-refractivity contribution in [3.8, 4) is 0 Å². The molecule has 0 aliphatic heterocycles. The molecule has 0 unspecified atom stereocenters.